The summed E-state index contributed by atoms with van der Waals surface area (Å²) in [7, 11) is 0. The summed E-state index contributed by atoms with van der Waals surface area (Å²) in [4.78, 5) is 24.7. The number of imide groups is 1. The number of rotatable bonds is 1. The van der Waals surface area contributed by atoms with Crippen molar-refractivity contribution in [1.29, 1.82) is 0 Å². The fourth-order valence-corrected chi connectivity index (χ4v) is 0.747. The van der Waals surface area contributed by atoms with Gasteiger partial charge in [0, 0.05) is 6.21 Å². The predicted molar refractivity (Wildman–Crippen MR) is 35.8 cm³/mol. The molecule has 0 aromatic carbocycles. The van der Waals surface area contributed by atoms with Crippen LogP contribution in [0.15, 0.2) is 4.99 Å². The summed E-state index contributed by atoms with van der Waals surface area (Å²) in [6, 6.07) is -0.560. The predicted octanol–water partition coefficient (Wildman–Crippen LogP) is 0.333. The van der Waals surface area contributed by atoms with Crippen LogP contribution in [0.1, 0.15) is 13.3 Å². The molecular formula is C6H8N2O2. The van der Waals surface area contributed by atoms with E-state index in [2.05, 4.69) is 10.3 Å². The SMILES string of the molecule is CCC1C=NC(=O)NC1=O. The first kappa shape index (κ1) is 6.92. The van der Waals surface area contributed by atoms with E-state index in [9.17, 15) is 9.59 Å². The third-order valence-electron chi connectivity index (χ3n) is 1.38. The first-order valence-electron chi connectivity index (χ1n) is 3.13. The molecule has 0 radical (unpaired) electrons. The Morgan fingerprint density at radius 1 is 1.70 bits per heavy atom. The molecule has 0 fully saturated rings. The van der Waals surface area contributed by atoms with E-state index in [1.54, 1.807) is 0 Å². The van der Waals surface area contributed by atoms with Gasteiger partial charge in [-0.05, 0) is 6.42 Å². The highest BCUT2D eigenvalue weighted by Gasteiger charge is 2.20. The van der Waals surface area contributed by atoms with Crippen molar-refractivity contribution < 1.29 is 9.59 Å². The lowest BCUT2D eigenvalue weighted by molar-refractivity contribution is -0.122. The largest absolute Gasteiger partial charge is 0.347 e. The Hall–Kier alpha value is -1.19. The molecule has 54 valence electrons. The van der Waals surface area contributed by atoms with E-state index >= 15 is 0 Å². The summed E-state index contributed by atoms with van der Waals surface area (Å²) in [5.41, 5.74) is 0. The van der Waals surface area contributed by atoms with Gasteiger partial charge in [0.15, 0.2) is 0 Å². The zero-order valence-corrected chi connectivity index (χ0v) is 5.63. The van der Waals surface area contributed by atoms with Crippen LogP contribution >= 0.6 is 0 Å². The molecule has 0 saturated carbocycles. The Kier molecular flexibility index (Phi) is 1.80. The highest BCUT2D eigenvalue weighted by molar-refractivity contribution is 6.09. The van der Waals surface area contributed by atoms with E-state index in [-0.39, 0.29) is 11.8 Å². The van der Waals surface area contributed by atoms with Crippen LogP contribution in [0.3, 0.4) is 0 Å². The Morgan fingerprint density at radius 2 is 2.40 bits per heavy atom. The topological polar surface area (TPSA) is 58.5 Å². The number of nitrogens with one attached hydrogen (secondary N) is 1. The Balaban J connectivity index is 2.71. The van der Waals surface area contributed by atoms with Crippen molar-refractivity contribution in [2.24, 2.45) is 10.9 Å². The number of nitrogens with zero attached hydrogens (tertiary/aromatic N) is 1. The third-order valence-corrected chi connectivity index (χ3v) is 1.38. The number of amides is 3. The summed E-state index contributed by atoms with van der Waals surface area (Å²) in [5.74, 6) is -0.472. The van der Waals surface area contributed by atoms with E-state index in [4.69, 9.17) is 0 Å². The highest BCUT2D eigenvalue weighted by atomic mass is 16.2. The zero-order chi connectivity index (χ0) is 7.56. The molecule has 1 heterocycles. The highest BCUT2D eigenvalue weighted by Crippen LogP contribution is 2.02. The lowest BCUT2D eigenvalue weighted by atomic mass is 10.1. The van der Waals surface area contributed by atoms with Crippen LogP contribution in [0.2, 0.25) is 0 Å². The molecule has 1 atom stereocenters. The van der Waals surface area contributed by atoms with E-state index in [0.29, 0.717) is 6.42 Å². The van der Waals surface area contributed by atoms with Crippen LogP contribution in [0.25, 0.3) is 0 Å². The smallest absolute Gasteiger partial charge is 0.276 e. The minimum absolute atomic E-state index is 0.224. The van der Waals surface area contributed by atoms with Gasteiger partial charge in [0.2, 0.25) is 5.91 Å². The number of carbonyl (C=O) groups is 2. The van der Waals surface area contributed by atoms with Crippen LogP contribution in [0.4, 0.5) is 4.79 Å². The van der Waals surface area contributed by atoms with Gasteiger partial charge in [0.1, 0.15) is 0 Å². The molecule has 1 rings (SSSR count). The first-order valence-corrected chi connectivity index (χ1v) is 3.13. The fraction of sp³-hybridized carbons (Fsp3) is 0.500. The fourth-order valence-electron chi connectivity index (χ4n) is 0.747. The number of hydrogen-bond acceptors (Lipinski definition) is 2. The Morgan fingerprint density at radius 3 is 2.90 bits per heavy atom. The van der Waals surface area contributed by atoms with Crippen LogP contribution in [0.5, 0.6) is 0 Å². The van der Waals surface area contributed by atoms with Crippen molar-refractivity contribution >= 4 is 18.2 Å². The maximum Gasteiger partial charge on any atom is 0.347 e. The van der Waals surface area contributed by atoms with Gasteiger partial charge in [-0.2, -0.15) is 0 Å². The lowest BCUT2D eigenvalue weighted by Crippen LogP contribution is -2.38. The van der Waals surface area contributed by atoms with Gasteiger partial charge in [0.05, 0.1) is 5.92 Å². The summed E-state index contributed by atoms with van der Waals surface area (Å²) in [6.07, 6.45) is 2.07. The quantitative estimate of drug-likeness (QED) is 0.570. The molecule has 0 bridgehead atoms. The second kappa shape index (κ2) is 2.60. The molecule has 0 aromatic heterocycles. The summed E-state index contributed by atoms with van der Waals surface area (Å²) >= 11 is 0. The maximum absolute atomic E-state index is 10.8. The van der Waals surface area contributed by atoms with E-state index in [1.807, 2.05) is 6.92 Å². The Bertz CT molecular complexity index is 198. The summed E-state index contributed by atoms with van der Waals surface area (Å²) in [5, 5.41) is 2.10. The number of hydrogen-bond donors (Lipinski definition) is 1. The van der Waals surface area contributed by atoms with Crippen LogP contribution in [-0.2, 0) is 4.79 Å². The van der Waals surface area contributed by atoms with Gasteiger partial charge in [-0.25, -0.2) is 9.79 Å². The van der Waals surface area contributed by atoms with E-state index in [1.165, 1.54) is 6.21 Å². The molecule has 10 heavy (non-hydrogen) atoms. The molecule has 4 heteroatoms. The number of carbonyl (C=O) groups excluding carboxylic acids is 2. The van der Waals surface area contributed by atoms with Crippen LogP contribution in [0, 0.1) is 5.92 Å². The monoisotopic (exact) mass is 140 g/mol. The molecule has 1 N–H and O–H groups in total. The molecule has 0 aliphatic carbocycles. The van der Waals surface area contributed by atoms with Crippen molar-refractivity contribution in [1.82, 2.24) is 5.32 Å². The van der Waals surface area contributed by atoms with Gasteiger partial charge in [-0.1, -0.05) is 6.92 Å². The van der Waals surface area contributed by atoms with Crippen molar-refractivity contribution in [2.45, 2.75) is 13.3 Å². The molecular weight excluding hydrogens is 132 g/mol. The molecule has 0 saturated heterocycles. The van der Waals surface area contributed by atoms with Gasteiger partial charge >= 0.3 is 6.03 Å². The molecule has 3 amide bonds. The van der Waals surface area contributed by atoms with Gasteiger partial charge in [-0.15, -0.1) is 0 Å². The minimum atomic E-state index is -0.560. The van der Waals surface area contributed by atoms with Crippen LogP contribution < -0.4 is 5.32 Å². The Labute approximate surface area is 58.3 Å². The van der Waals surface area contributed by atoms with Crippen molar-refractivity contribution in [3.05, 3.63) is 0 Å². The summed E-state index contributed by atoms with van der Waals surface area (Å²) < 4.78 is 0. The van der Waals surface area contributed by atoms with E-state index < -0.39 is 6.03 Å². The first-order chi connectivity index (χ1) is 4.74. The minimum Gasteiger partial charge on any atom is -0.276 e. The number of urea groups is 1. The van der Waals surface area contributed by atoms with Crippen molar-refractivity contribution in [3.63, 3.8) is 0 Å². The standard InChI is InChI=1S/C6H8N2O2/c1-2-4-3-7-6(10)8-5(4)9/h3-4H,2H2,1H3,(H,8,9,10). The molecule has 4 nitrogen and oxygen atoms in total. The summed E-state index contributed by atoms with van der Waals surface area (Å²) in [6.45, 7) is 1.87. The van der Waals surface area contributed by atoms with Crippen molar-refractivity contribution in [3.8, 4) is 0 Å². The van der Waals surface area contributed by atoms with E-state index in [0.717, 1.165) is 0 Å². The van der Waals surface area contributed by atoms with Gasteiger partial charge < -0.3 is 0 Å². The second-order valence-corrected chi connectivity index (χ2v) is 2.09. The maximum atomic E-state index is 10.8. The molecule has 1 aliphatic rings. The third kappa shape index (κ3) is 1.21. The molecule has 1 aliphatic heterocycles. The molecule has 1 unspecified atom stereocenters. The van der Waals surface area contributed by atoms with Crippen LogP contribution in [-0.4, -0.2) is 18.2 Å². The normalized spacial score (nSPS) is 24.7. The molecule has 0 spiro atoms. The average molecular weight is 140 g/mol. The second-order valence-electron chi connectivity index (χ2n) is 2.09. The zero-order valence-electron chi connectivity index (χ0n) is 5.63. The van der Waals surface area contributed by atoms with Gasteiger partial charge in [0.25, 0.3) is 0 Å². The molecule has 0 aromatic rings. The number of aliphatic imine (C=N–C) groups is 1. The van der Waals surface area contributed by atoms with Gasteiger partial charge in [-0.3, -0.25) is 10.1 Å². The van der Waals surface area contributed by atoms with Crippen molar-refractivity contribution in [2.75, 3.05) is 0 Å². The average Bonchev–Trinajstić information content (AvgIpc) is 1.88. The lowest BCUT2D eigenvalue weighted by Gasteiger charge is -2.11.